The molecule has 16 heteroatoms. The number of hydrogen-bond donors (Lipinski definition) is 4. The maximum atomic E-state index is 12.8. The molecular weight excluding hydrogens is 1090 g/mol. The molecule has 0 radical (unpaired) electrons. The molecule has 2 aromatic heterocycles. The first-order chi connectivity index (χ1) is 38.6. The fraction of sp³-hybridized carbons (Fsp3) is 0.531. The monoisotopic (exact) mass is 1180 g/mol. The second-order valence-electron chi connectivity index (χ2n) is 21.0. The summed E-state index contributed by atoms with van der Waals surface area (Å²) in [4.78, 5) is 38.7. The molecule has 0 spiro atoms. The van der Waals surface area contributed by atoms with Crippen LogP contribution in [-0.4, -0.2) is 94.9 Å². The summed E-state index contributed by atoms with van der Waals surface area (Å²) in [6, 6.07) is 24.3. The van der Waals surface area contributed by atoms with E-state index in [1.807, 2.05) is 0 Å². The van der Waals surface area contributed by atoms with Crippen LogP contribution in [0.1, 0.15) is 202 Å². The molecule has 80 heavy (non-hydrogen) atoms. The fourth-order valence-electron chi connectivity index (χ4n) is 9.47. The highest BCUT2D eigenvalue weighted by molar-refractivity contribution is 6.46. The molecule has 2 heterocycles. The summed E-state index contributed by atoms with van der Waals surface area (Å²) in [7, 11) is 0. The Hall–Kier alpha value is -4.82. The zero-order valence-electron chi connectivity index (χ0n) is 49.4. The first-order valence-electron chi connectivity index (χ1n) is 29.7. The number of benzene rings is 3. The van der Waals surface area contributed by atoms with Crippen molar-refractivity contribution in [1.29, 1.82) is 0 Å². The molecule has 0 aliphatic carbocycles. The number of amides is 2. The van der Waals surface area contributed by atoms with Gasteiger partial charge in [-0.1, -0.05) is 214 Å². The molecule has 0 fully saturated rings. The van der Waals surface area contributed by atoms with Crippen molar-refractivity contribution < 1.29 is 28.8 Å². The van der Waals surface area contributed by atoms with Gasteiger partial charge < -0.3 is 39.8 Å². The average Bonchev–Trinajstić information content (AvgIpc) is 3.96. The minimum Gasteiger partial charge on any atom is -0.857 e. The van der Waals surface area contributed by atoms with Crippen LogP contribution in [0, 0.1) is 0 Å². The number of nitrogens with one attached hydrogen (secondary N) is 4. The van der Waals surface area contributed by atoms with Gasteiger partial charge in [-0.2, -0.15) is 0 Å². The Morgan fingerprint density at radius 1 is 0.400 bits per heavy atom. The molecule has 0 aliphatic rings. The normalized spacial score (nSPS) is 11.9. The van der Waals surface area contributed by atoms with Crippen molar-refractivity contribution >= 4 is 81.4 Å². The average molecular weight is 1180 g/mol. The molecule has 3 aromatic carbocycles. The number of H-pyrrole nitrogens is 2. The third-order valence-corrected chi connectivity index (χ3v) is 16.1. The number of carbonyl (C=O) groups excluding carboxylic acids is 2. The number of carbonyl (C=O) groups is 2. The third-order valence-electron chi connectivity index (χ3n) is 14.4. The molecule has 0 saturated carbocycles. The molecule has 12 nitrogen and oxygen atoms in total. The third kappa shape index (κ3) is 23.6. The van der Waals surface area contributed by atoms with Gasteiger partial charge in [0.05, 0.1) is 96.9 Å². The van der Waals surface area contributed by atoms with E-state index in [1.165, 1.54) is 164 Å². The molecule has 0 bridgehead atoms. The number of hydrogen-bond acceptors (Lipinski definition) is 6. The first kappa shape index (κ1) is 69.4. The van der Waals surface area contributed by atoms with Crippen LogP contribution in [0.3, 0.4) is 0 Å². The standard InChI is InChI=1S/C32H24Cl4N6O4.2C16H36N/c33-21-23(35)27(31(45)39-19-7-3-1-4-8-19)41-25(21)29(43)37-15-17-11-13-18(14-12-17)16-38-30(44)26-22(34)24(36)28(42-26)32(46)40-20-9-5-2-6-10-20;2*1-5-9-13-17(14-10-6-2,15-11-7-3)16-12-8-4/h1-14,41-42H,15-16H2,(H,37,43)(H,38,44)(H,39,45)(H,40,46);2*5-16H2,1-4H3/q;2*+1/p-2. The largest absolute Gasteiger partial charge is 0.857 e. The van der Waals surface area contributed by atoms with Crippen LogP contribution in [0.4, 0.5) is 11.4 Å². The number of unbranched alkanes of at least 4 members (excludes halogenated alkanes) is 8. The molecule has 4 N–H and O–H groups in total. The maximum Gasteiger partial charge on any atom is 0.273 e. The van der Waals surface area contributed by atoms with Crippen LogP contribution >= 0.6 is 46.4 Å². The summed E-state index contributed by atoms with van der Waals surface area (Å²) in [5, 5.41) is 30.5. The summed E-state index contributed by atoms with van der Waals surface area (Å²) in [6.45, 7) is 30.1. The minimum absolute atomic E-state index is 0.0120. The van der Waals surface area contributed by atoms with Gasteiger partial charge in [-0.05, 0) is 86.8 Å². The SMILES string of the molecule is CCCC[N+](CCCC)(CCCC)CCCC.CCCC[N+](CCCC)(CCCC)CCCC.O=C(Nc1ccccc1)c1[nH]c(C([O-])=NCc2ccc(CN=C([O-])c3[nH]c(C(=O)Nc4ccccc4)c(Cl)c3Cl)cc2)c(Cl)c1Cl. The summed E-state index contributed by atoms with van der Waals surface area (Å²) in [5.41, 5.74) is 2.12. The van der Waals surface area contributed by atoms with Gasteiger partial charge in [0, 0.05) is 23.2 Å². The van der Waals surface area contributed by atoms with Gasteiger partial charge >= 0.3 is 0 Å². The van der Waals surface area contributed by atoms with Gasteiger partial charge in [0.2, 0.25) is 0 Å². The minimum atomic E-state index is -0.686. The number of para-hydroxylation sites is 2. The Labute approximate surface area is 500 Å². The van der Waals surface area contributed by atoms with Crippen molar-refractivity contribution in [3.05, 3.63) is 139 Å². The van der Waals surface area contributed by atoms with E-state index in [4.69, 9.17) is 46.4 Å². The Bertz CT molecular complexity index is 2330. The van der Waals surface area contributed by atoms with Gasteiger partial charge in [0.25, 0.3) is 11.8 Å². The van der Waals surface area contributed by atoms with E-state index in [0.717, 1.165) is 0 Å². The molecule has 2 amide bonds. The van der Waals surface area contributed by atoms with Crippen molar-refractivity contribution in [2.45, 2.75) is 171 Å². The van der Waals surface area contributed by atoms with E-state index in [2.05, 4.69) is 86.0 Å². The second-order valence-corrected chi connectivity index (χ2v) is 22.5. The zero-order valence-corrected chi connectivity index (χ0v) is 52.4. The van der Waals surface area contributed by atoms with Crippen LogP contribution in [0.5, 0.6) is 0 Å². The number of aliphatic imine (C=N–C) groups is 2. The van der Waals surface area contributed by atoms with Crippen molar-refractivity contribution in [3.8, 4) is 0 Å². The van der Waals surface area contributed by atoms with Crippen molar-refractivity contribution in [3.63, 3.8) is 0 Å². The predicted octanol–water partition coefficient (Wildman–Crippen LogP) is 16.1. The van der Waals surface area contributed by atoms with Gasteiger partial charge in [-0.25, -0.2) is 0 Å². The Kier molecular flexibility index (Phi) is 33.7. The summed E-state index contributed by atoms with van der Waals surface area (Å²) >= 11 is 24.9. The van der Waals surface area contributed by atoms with Crippen molar-refractivity contribution in [2.75, 3.05) is 63.0 Å². The van der Waals surface area contributed by atoms with E-state index >= 15 is 0 Å². The lowest BCUT2D eigenvalue weighted by Gasteiger charge is -2.39. The smallest absolute Gasteiger partial charge is 0.273 e. The van der Waals surface area contributed by atoms with Gasteiger partial charge in [-0.15, -0.1) is 0 Å². The highest BCUT2D eigenvalue weighted by atomic mass is 35.5. The van der Waals surface area contributed by atoms with E-state index < -0.39 is 23.6 Å². The number of anilines is 2. The maximum absolute atomic E-state index is 12.8. The van der Waals surface area contributed by atoms with E-state index in [0.29, 0.717) is 22.5 Å². The topological polar surface area (TPSA) is 161 Å². The lowest BCUT2D eigenvalue weighted by molar-refractivity contribution is -0.929. The molecule has 5 aromatic rings. The summed E-state index contributed by atoms with van der Waals surface area (Å²) < 4.78 is 2.84. The lowest BCUT2D eigenvalue weighted by atomic mass is 10.1. The molecule has 5 rings (SSSR count). The van der Waals surface area contributed by atoms with Gasteiger partial charge in [0.15, 0.2) is 0 Å². The van der Waals surface area contributed by atoms with Crippen LogP contribution in [-0.2, 0) is 13.1 Å². The predicted molar refractivity (Wildman–Crippen MR) is 336 cm³/mol. The van der Waals surface area contributed by atoms with Crippen LogP contribution in [0.15, 0.2) is 94.9 Å². The number of aromatic amines is 2. The summed E-state index contributed by atoms with van der Waals surface area (Å²) in [6.07, 6.45) is 22.1. The molecular formula is C64H94Cl4N8O4. The van der Waals surface area contributed by atoms with Crippen molar-refractivity contribution in [2.24, 2.45) is 9.98 Å². The molecule has 0 aliphatic heterocycles. The lowest BCUT2D eigenvalue weighted by Crippen LogP contribution is -2.50. The highest BCUT2D eigenvalue weighted by Crippen LogP contribution is 2.32. The van der Waals surface area contributed by atoms with Gasteiger partial charge in [0.1, 0.15) is 11.4 Å². The Balaban J connectivity index is 0.000000406. The molecule has 442 valence electrons. The molecule has 0 unspecified atom stereocenters. The number of rotatable bonds is 34. The second kappa shape index (κ2) is 38.8. The number of halogens is 4. The zero-order chi connectivity index (χ0) is 58.8. The van der Waals surface area contributed by atoms with Gasteiger partial charge in [-0.3, -0.25) is 19.6 Å². The van der Waals surface area contributed by atoms with E-state index in [-0.39, 0.29) is 56.0 Å². The van der Waals surface area contributed by atoms with Crippen LogP contribution < -0.4 is 20.8 Å². The Morgan fingerprint density at radius 2 is 0.637 bits per heavy atom. The highest BCUT2D eigenvalue weighted by Gasteiger charge is 2.27. The Morgan fingerprint density at radius 3 is 0.875 bits per heavy atom. The summed E-state index contributed by atoms with van der Waals surface area (Å²) in [5.74, 6) is -2.50. The van der Waals surface area contributed by atoms with E-state index in [1.54, 1.807) is 84.9 Å². The quantitative estimate of drug-likeness (QED) is 0.0183. The van der Waals surface area contributed by atoms with Crippen LogP contribution in [0.2, 0.25) is 20.1 Å². The first-order valence-corrected chi connectivity index (χ1v) is 31.2. The van der Waals surface area contributed by atoms with E-state index in [9.17, 15) is 19.8 Å². The molecule has 0 atom stereocenters. The number of quaternary nitrogens is 2. The number of nitrogens with zero attached hydrogens (tertiary/aromatic N) is 4. The fourth-order valence-corrected chi connectivity index (χ4v) is 10.4. The van der Waals surface area contributed by atoms with Crippen LogP contribution in [0.25, 0.3) is 0 Å². The number of aromatic nitrogens is 2. The molecule has 0 saturated heterocycles. The van der Waals surface area contributed by atoms with Crippen molar-refractivity contribution in [1.82, 2.24) is 9.97 Å².